The van der Waals surface area contributed by atoms with E-state index in [1.807, 2.05) is 0 Å². The molecule has 2 aromatic rings. The van der Waals surface area contributed by atoms with E-state index in [0.29, 0.717) is 11.1 Å². The van der Waals surface area contributed by atoms with Crippen LogP contribution in [0, 0.1) is 0 Å². The maximum atomic E-state index is 11.4. The number of carbonyl (C=O) groups is 1. The van der Waals surface area contributed by atoms with Crippen molar-refractivity contribution >= 4 is 57.4 Å². The summed E-state index contributed by atoms with van der Waals surface area (Å²) in [7, 11) is 0. The third kappa shape index (κ3) is 2.91. The first kappa shape index (κ1) is 15.6. The summed E-state index contributed by atoms with van der Waals surface area (Å²) in [6.45, 7) is 0. The molecule has 0 spiro atoms. The van der Waals surface area contributed by atoms with Crippen LogP contribution in [0.5, 0.6) is 0 Å². The van der Waals surface area contributed by atoms with Crippen LogP contribution in [0.4, 0.5) is 0 Å². The monoisotopic (exact) mass is 267 g/mol. The second-order valence-electron chi connectivity index (χ2n) is 3.75. The van der Waals surface area contributed by atoms with Crippen molar-refractivity contribution in [3.63, 3.8) is 0 Å². The van der Waals surface area contributed by atoms with Crippen molar-refractivity contribution in [2.24, 2.45) is 0 Å². The zero-order valence-electron chi connectivity index (χ0n) is 10.1. The van der Waals surface area contributed by atoms with Crippen LogP contribution < -0.4 is 0 Å². The number of hydrogen-bond acceptors (Lipinski definition) is 2. The zero-order chi connectivity index (χ0) is 12.3. The van der Waals surface area contributed by atoms with Gasteiger partial charge in [0.2, 0.25) is 5.60 Å². The summed E-state index contributed by atoms with van der Waals surface area (Å²) in [6, 6.07) is 16.7. The minimum atomic E-state index is -2.00. The van der Waals surface area contributed by atoms with E-state index in [9.17, 15) is 15.0 Å². The van der Waals surface area contributed by atoms with E-state index in [4.69, 9.17) is 0 Å². The average molecular weight is 267 g/mol. The van der Waals surface area contributed by atoms with Gasteiger partial charge in [-0.25, -0.2) is 4.79 Å². The molecule has 0 heterocycles. The van der Waals surface area contributed by atoms with Crippen molar-refractivity contribution in [1.82, 2.24) is 0 Å². The molecule has 3 nitrogen and oxygen atoms in total. The van der Waals surface area contributed by atoms with E-state index in [1.165, 1.54) is 0 Å². The Hall–Kier alpha value is -0.494. The molecule has 0 unspecified atom stereocenters. The number of carboxylic acids is 1. The fourth-order valence-corrected chi connectivity index (χ4v) is 1.77. The van der Waals surface area contributed by atoms with Crippen LogP contribution in [-0.4, -0.2) is 67.6 Å². The van der Waals surface area contributed by atoms with Gasteiger partial charge >= 0.3 is 5.97 Å². The molecule has 1 radical (unpaired) electrons. The topological polar surface area (TPSA) is 57.5 Å². The first-order valence-corrected chi connectivity index (χ1v) is 5.22. The largest absolute Gasteiger partial charge is 0.479 e. The standard InChI is InChI=1S/C14H12O3.K/c15-13(16)14(17,11-7-3-1-4-8-11)12-9-5-2-6-10-12;/h1-10,17H,(H,15,16);. The maximum Gasteiger partial charge on any atom is 0.345 e. The second kappa shape index (κ2) is 6.61. The minimum Gasteiger partial charge on any atom is -0.479 e. The normalized spacial score (nSPS) is 10.5. The average Bonchev–Trinajstić information content (AvgIpc) is 2.39. The van der Waals surface area contributed by atoms with Gasteiger partial charge in [-0.15, -0.1) is 0 Å². The Morgan fingerprint density at radius 3 is 1.44 bits per heavy atom. The molecule has 4 heteroatoms. The van der Waals surface area contributed by atoms with Crippen LogP contribution >= 0.6 is 0 Å². The van der Waals surface area contributed by atoms with Gasteiger partial charge in [-0.2, -0.15) is 0 Å². The van der Waals surface area contributed by atoms with Gasteiger partial charge in [-0.3, -0.25) is 0 Å². The molecule has 0 amide bonds. The molecule has 2 aromatic carbocycles. The van der Waals surface area contributed by atoms with E-state index in [0.717, 1.165) is 0 Å². The number of benzene rings is 2. The molecular formula is C14H12KO3. The zero-order valence-corrected chi connectivity index (χ0v) is 13.2. The summed E-state index contributed by atoms with van der Waals surface area (Å²) in [6.07, 6.45) is 0. The van der Waals surface area contributed by atoms with Crippen molar-refractivity contribution in [3.05, 3.63) is 71.8 Å². The smallest absolute Gasteiger partial charge is 0.345 e. The second-order valence-corrected chi connectivity index (χ2v) is 3.75. The number of aliphatic carboxylic acids is 1. The van der Waals surface area contributed by atoms with Gasteiger partial charge in [0.15, 0.2) is 0 Å². The summed E-state index contributed by atoms with van der Waals surface area (Å²) >= 11 is 0. The van der Waals surface area contributed by atoms with Crippen LogP contribution in [0.1, 0.15) is 11.1 Å². The Labute approximate surface area is 148 Å². The Bertz CT molecular complexity index is 472. The maximum absolute atomic E-state index is 11.4. The van der Waals surface area contributed by atoms with Gasteiger partial charge in [-0.1, -0.05) is 60.7 Å². The van der Waals surface area contributed by atoms with E-state index in [2.05, 4.69) is 0 Å². The van der Waals surface area contributed by atoms with Crippen LogP contribution in [0.15, 0.2) is 60.7 Å². The molecule has 0 saturated carbocycles. The Morgan fingerprint density at radius 1 is 0.833 bits per heavy atom. The molecule has 2 N–H and O–H groups in total. The quantitative estimate of drug-likeness (QED) is 0.831. The van der Waals surface area contributed by atoms with Crippen LogP contribution in [0.2, 0.25) is 0 Å². The minimum absolute atomic E-state index is 0. The fourth-order valence-electron chi connectivity index (χ4n) is 1.77. The molecule has 2 rings (SSSR count). The summed E-state index contributed by atoms with van der Waals surface area (Å²) < 4.78 is 0. The van der Waals surface area contributed by atoms with Crippen molar-refractivity contribution in [1.29, 1.82) is 0 Å². The molecule has 0 bridgehead atoms. The summed E-state index contributed by atoms with van der Waals surface area (Å²) in [5.41, 5.74) is -1.31. The molecule has 0 fully saturated rings. The Kier molecular flexibility index (Phi) is 5.71. The van der Waals surface area contributed by atoms with Crippen LogP contribution in [0.3, 0.4) is 0 Å². The van der Waals surface area contributed by atoms with Gasteiger partial charge < -0.3 is 10.2 Å². The van der Waals surface area contributed by atoms with Crippen molar-refractivity contribution in [2.75, 3.05) is 0 Å². The molecule has 0 saturated heterocycles. The molecule has 0 aliphatic heterocycles. The molecular weight excluding hydrogens is 255 g/mol. The number of aliphatic hydroxyl groups is 1. The van der Waals surface area contributed by atoms with Gasteiger partial charge in [0.25, 0.3) is 0 Å². The molecule has 18 heavy (non-hydrogen) atoms. The fraction of sp³-hybridized carbons (Fsp3) is 0.0714. The van der Waals surface area contributed by atoms with Crippen LogP contribution in [-0.2, 0) is 10.4 Å². The molecule has 87 valence electrons. The van der Waals surface area contributed by atoms with Gasteiger partial charge in [0.05, 0.1) is 0 Å². The number of hydrogen-bond donors (Lipinski definition) is 2. The summed E-state index contributed by atoms with van der Waals surface area (Å²) in [5.74, 6) is -1.28. The van der Waals surface area contributed by atoms with Crippen molar-refractivity contribution in [2.45, 2.75) is 5.60 Å². The van der Waals surface area contributed by atoms with Gasteiger partial charge in [0.1, 0.15) is 0 Å². The molecule has 0 aliphatic carbocycles. The Morgan fingerprint density at radius 2 is 1.17 bits per heavy atom. The summed E-state index contributed by atoms with van der Waals surface area (Å²) in [5, 5.41) is 19.7. The van der Waals surface area contributed by atoms with Gasteiger partial charge in [-0.05, 0) is 11.1 Å². The third-order valence-corrected chi connectivity index (χ3v) is 2.69. The van der Waals surface area contributed by atoms with E-state index in [-0.39, 0.29) is 51.4 Å². The third-order valence-electron chi connectivity index (χ3n) is 2.69. The first-order valence-electron chi connectivity index (χ1n) is 5.22. The van der Waals surface area contributed by atoms with E-state index >= 15 is 0 Å². The predicted octanol–water partition coefficient (Wildman–Crippen LogP) is 1.63. The molecule has 0 aromatic heterocycles. The number of carboxylic acid groups (broad SMARTS) is 1. The SMILES string of the molecule is O=C(O)C(O)(c1ccccc1)c1ccccc1.[K]. The van der Waals surface area contributed by atoms with Crippen molar-refractivity contribution in [3.8, 4) is 0 Å². The number of rotatable bonds is 3. The molecule has 0 aliphatic rings. The summed E-state index contributed by atoms with van der Waals surface area (Å²) in [4.78, 5) is 11.4. The first-order chi connectivity index (χ1) is 8.15. The van der Waals surface area contributed by atoms with Crippen molar-refractivity contribution < 1.29 is 15.0 Å². The van der Waals surface area contributed by atoms with Crippen LogP contribution in [0.25, 0.3) is 0 Å². The van der Waals surface area contributed by atoms with E-state index < -0.39 is 11.6 Å². The Balaban J connectivity index is 0.00000162. The predicted molar refractivity (Wildman–Crippen MR) is 69.3 cm³/mol. The van der Waals surface area contributed by atoms with Gasteiger partial charge in [0, 0.05) is 51.4 Å². The van der Waals surface area contributed by atoms with E-state index in [1.54, 1.807) is 60.7 Å². The molecule has 0 atom stereocenters.